The summed E-state index contributed by atoms with van der Waals surface area (Å²) < 4.78 is 11.0. The van der Waals surface area contributed by atoms with Crippen molar-refractivity contribution in [2.45, 2.75) is 61.0 Å². The third kappa shape index (κ3) is 3.78. The molecule has 2 aliphatic rings. The highest BCUT2D eigenvalue weighted by atomic mass is 32.1. The van der Waals surface area contributed by atoms with E-state index in [2.05, 4.69) is 0 Å². The Hall–Kier alpha value is -0.700. The zero-order valence-corrected chi connectivity index (χ0v) is 15.0. The fourth-order valence-electron chi connectivity index (χ4n) is 3.35. The highest BCUT2D eigenvalue weighted by Crippen LogP contribution is 2.40. The van der Waals surface area contributed by atoms with Crippen LogP contribution in [0.2, 0.25) is 0 Å². The van der Waals surface area contributed by atoms with Crippen molar-refractivity contribution in [3.63, 3.8) is 0 Å². The lowest BCUT2D eigenvalue weighted by molar-refractivity contribution is -0.231. The number of thiophene rings is 1. The number of rotatable bonds is 4. The number of hydrogen-bond donors (Lipinski definition) is 8. The second-order valence-corrected chi connectivity index (χ2v) is 7.89. The Balaban J connectivity index is 1.82. The van der Waals surface area contributed by atoms with Crippen LogP contribution in [-0.2, 0) is 9.47 Å². The van der Waals surface area contributed by atoms with Crippen LogP contribution in [0.4, 0.5) is 0 Å². The Kier molecular flexibility index (Phi) is 6.50. The standard InChI is InChI=1S/C16H24O10S/c17-3-5-9(19)11(21)13(23)15(25-5)7-1-2-8(27-7)16-14(24)12(22)10(20)6(4-18)26-16/h1-2,5-6,9-24H,3-4H2. The lowest BCUT2D eigenvalue weighted by atomic mass is 9.94. The van der Waals surface area contributed by atoms with E-state index in [0.717, 1.165) is 11.3 Å². The van der Waals surface area contributed by atoms with E-state index in [0.29, 0.717) is 9.75 Å². The van der Waals surface area contributed by atoms with E-state index in [9.17, 15) is 40.9 Å². The van der Waals surface area contributed by atoms with Gasteiger partial charge in [0, 0.05) is 9.75 Å². The van der Waals surface area contributed by atoms with Crippen LogP contribution in [0.1, 0.15) is 22.0 Å². The second kappa shape index (κ2) is 8.35. The van der Waals surface area contributed by atoms with E-state index in [1.807, 2.05) is 0 Å². The molecule has 10 atom stereocenters. The Labute approximate surface area is 158 Å². The van der Waals surface area contributed by atoms with Crippen LogP contribution in [0.25, 0.3) is 0 Å². The summed E-state index contributed by atoms with van der Waals surface area (Å²) in [6, 6.07) is 3.13. The van der Waals surface area contributed by atoms with Gasteiger partial charge in [0.05, 0.1) is 13.2 Å². The molecule has 2 aliphatic heterocycles. The molecule has 2 fully saturated rings. The van der Waals surface area contributed by atoms with Crippen LogP contribution < -0.4 is 0 Å². The molecule has 10 unspecified atom stereocenters. The normalized spacial score (nSPS) is 45.8. The van der Waals surface area contributed by atoms with Gasteiger partial charge in [-0.1, -0.05) is 0 Å². The first-order valence-electron chi connectivity index (χ1n) is 8.50. The van der Waals surface area contributed by atoms with Crippen molar-refractivity contribution in [2.24, 2.45) is 0 Å². The summed E-state index contributed by atoms with van der Waals surface area (Å²) in [5.74, 6) is 0. The number of hydrogen-bond acceptors (Lipinski definition) is 11. The monoisotopic (exact) mass is 408 g/mol. The maximum atomic E-state index is 10.2. The van der Waals surface area contributed by atoms with Crippen molar-refractivity contribution in [1.29, 1.82) is 0 Å². The van der Waals surface area contributed by atoms with Crippen molar-refractivity contribution in [2.75, 3.05) is 13.2 Å². The first-order chi connectivity index (χ1) is 12.8. The third-order valence-electron chi connectivity index (χ3n) is 4.99. The summed E-state index contributed by atoms with van der Waals surface area (Å²) in [6.45, 7) is -1.10. The first-order valence-corrected chi connectivity index (χ1v) is 9.32. The van der Waals surface area contributed by atoms with Gasteiger partial charge in [0.25, 0.3) is 0 Å². The lowest BCUT2D eigenvalue weighted by Gasteiger charge is -2.40. The van der Waals surface area contributed by atoms with E-state index >= 15 is 0 Å². The SMILES string of the molecule is OCC1OC(c2ccc(C3OC(CO)C(O)C(O)C3O)s2)C(O)C(O)C1O. The third-order valence-corrected chi connectivity index (χ3v) is 6.20. The molecule has 1 aromatic rings. The van der Waals surface area contributed by atoms with Crippen LogP contribution in [0.5, 0.6) is 0 Å². The molecule has 3 rings (SSSR count). The van der Waals surface area contributed by atoms with Crippen LogP contribution in [0, 0.1) is 0 Å². The van der Waals surface area contributed by atoms with Gasteiger partial charge in [-0.3, -0.25) is 0 Å². The minimum atomic E-state index is -1.52. The molecular formula is C16H24O10S. The maximum absolute atomic E-state index is 10.2. The van der Waals surface area contributed by atoms with Gasteiger partial charge in [-0.15, -0.1) is 11.3 Å². The van der Waals surface area contributed by atoms with Gasteiger partial charge in [0.1, 0.15) is 61.0 Å². The largest absolute Gasteiger partial charge is 0.394 e. The summed E-state index contributed by atoms with van der Waals surface area (Å²) in [6.07, 6.45) is -13.0. The van der Waals surface area contributed by atoms with Crippen molar-refractivity contribution in [3.8, 4) is 0 Å². The molecule has 8 N–H and O–H groups in total. The van der Waals surface area contributed by atoms with E-state index in [-0.39, 0.29) is 0 Å². The molecule has 1 aromatic heterocycles. The molecule has 3 heterocycles. The van der Waals surface area contributed by atoms with Crippen molar-refractivity contribution in [3.05, 3.63) is 21.9 Å². The fourth-order valence-corrected chi connectivity index (χ4v) is 4.51. The van der Waals surface area contributed by atoms with E-state index in [1.165, 1.54) is 0 Å². The molecule has 0 bridgehead atoms. The summed E-state index contributed by atoms with van der Waals surface area (Å²) in [4.78, 5) is 0.887. The summed E-state index contributed by atoms with van der Waals surface area (Å²) >= 11 is 1.07. The van der Waals surface area contributed by atoms with Crippen LogP contribution in [0.3, 0.4) is 0 Å². The first kappa shape index (κ1) is 21.0. The second-order valence-electron chi connectivity index (χ2n) is 6.74. The lowest BCUT2D eigenvalue weighted by Crippen LogP contribution is -2.55. The molecule has 0 aromatic carbocycles. The topological polar surface area (TPSA) is 180 Å². The van der Waals surface area contributed by atoms with Gasteiger partial charge in [-0.2, -0.15) is 0 Å². The number of aliphatic hydroxyl groups excluding tert-OH is 8. The molecular weight excluding hydrogens is 384 g/mol. The van der Waals surface area contributed by atoms with Crippen LogP contribution >= 0.6 is 11.3 Å². The van der Waals surface area contributed by atoms with Gasteiger partial charge < -0.3 is 50.3 Å². The predicted molar refractivity (Wildman–Crippen MR) is 89.8 cm³/mol. The molecule has 0 spiro atoms. The van der Waals surface area contributed by atoms with Gasteiger partial charge in [-0.25, -0.2) is 0 Å². The minimum absolute atomic E-state index is 0.443. The highest BCUT2D eigenvalue weighted by molar-refractivity contribution is 7.12. The summed E-state index contributed by atoms with van der Waals surface area (Å²) in [5, 5.41) is 78.5. The van der Waals surface area contributed by atoms with Crippen LogP contribution in [0.15, 0.2) is 12.1 Å². The fraction of sp³-hybridized carbons (Fsp3) is 0.750. The Morgan fingerprint density at radius 2 is 1.00 bits per heavy atom. The predicted octanol–water partition coefficient (Wildman–Crippen LogP) is -3.22. The van der Waals surface area contributed by atoms with Gasteiger partial charge in [0.15, 0.2) is 0 Å². The Bertz CT molecular complexity index is 572. The maximum Gasteiger partial charge on any atom is 0.121 e. The van der Waals surface area contributed by atoms with E-state index in [1.54, 1.807) is 12.1 Å². The average Bonchev–Trinajstić information content (AvgIpc) is 3.14. The molecule has 0 radical (unpaired) electrons. The summed E-state index contributed by atoms with van der Waals surface area (Å²) in [5.41, 5.74) is 0. The zero-order chi connectivity index (χ0) is 19.9. The van der Waals surface area contributed by atoms with Gasteiger partial charge in [0.2, 0.25) is 0 Å². The Morgan fingerprint density at radius 3 is 1.33 bits per heavy atom. The van der Waals surface area contributed by atoms with E-state index in [4.69, 9.17) is 9.47 Å². The minimum Gasteiger partial charge on any atom is -0.394 e. The molecule has 0 aliphatic carbocycles. The average molecular weight is 408 g/mol. The molecule has 27 heavy (non-hydrogen) atoms. The smallest absolute Gasteiger partial charge is 0.121 e. The number of ether oxygens (including phenoxy) is 2. The van der Waals surface area contributed by atoms with Crippen molar-refractivity contribution >= 4 is 11.3 Å². The molecule has 0 saturated carbocycles. The van der Waals surface area contributed by atoms with Gasteiger partial charge in [-0.05, 0) is 12.1 Å². The number of aliphatic hydroxyl groups is 8. The van der Waals surface area contributed by atoms with Crippen LogP contribution in [-0.4, -0.2) is 103 Å². The van der Waals surface area contributed by atoms with Crippen molar-refractivity contribution < 1.29 is 50.3 Å². The molecule has 0 amide bonds. The summed E-state index contributed by atoms with van der Waals surface area (Å²) in [7, 11) is 0. The van der Waals surface area contributed by atoms with Gasteiger partial charge >= 0.3 is 0 Å². The molecule has 154 valence electrons. The zero-order valence-electron chi connectivity index (χ0n) is 14.1. The molecule has 11 heteroatoms. The quantitative estimate of drug-likeness (QED) is 0.252. The van der Waals surface area contributed by atoms with Crippen molar-refractivity contribution in [1.82, 2.24) is 0 Å². The Morgan fingerprint density at radius 1 is 0.630 bits per heavy atom. The molecule has 10 nitrogen and oxygen atoms in total. The van der Waals surface area contributed by atoms with E-state index < -0.39 is 74.3 Å². The molecule has 2 saturated heterocycles. The highest BCUT2D eigenvalue weighted by Gasteiger charge is 2.46.